The normalized spacial score (nSPS) is 26.2. The van der Waals surface area contributed by atoms with Crippen LogP contribution in [0, 0.1) is 5.92 Å². The van der Waals surface area contributed by atoms with E-state index in [1.807, 2.05) is 6.20 Å². The van der Waals surface area contributed by atoms with E-state index < -0.39 is 0 Å². The zero-order valence-electron chi connectivity index (χ0n) is 11.3. The van der Waals surface area contributed by atoms with Gasteiger partial charge in [0.05, 0.1) is 11.9 Å². The molecule has 1 aromatic rings. The summed E-state index contributed by atoms with van der Waals surface area (Å²) in [5, 5.41) is 0. The average Bonchev–Trinajstić information content (AvgIpc) is 2.77. The molecule has 1 saturated heterocycles. The molecule has 0 aliphatic carbocycles. The van der Waals surface area contributed by atoms with E-state index in [9.17, 15) is 0 Å². The van der Waals surface area contributed by atoms with Crippen molar-refractivity contribution in [1.29, 1.82) is 0 Å². The fourth-order valence-corrected chi connectivity index (χ4v) is 3.29. The van der Waals surface area contributed by atoms with E-state index in [0.717, 1.165) is 25.3 Å². The molecular formula is C14H24N4. The molecule has 2 aliphatic heterocycles. The van der Waals surface area contributed by atoms with Crippen LogP contribution in [0.5, 0.6) is 0 Å². The Labute approximate surface area is 109 Å². The Balaban J connectivity index is 1.70. The van der Waals surface area contributed by atoms with Crippen molar-refractivity contribution in [3.8, 4) is 0 Å². The summed E-state index contributed by atoms with van der Waals surface area (Å²) in [6.07, 6.45) is 8.08. The van der Waals surface area contributed by atoms with Crippen LogP contribution in [0.4, 0.5) is 0 Å². The molecule has 18 heavy (non-hydrogen) atoms. The molecule has 3 heterocycles. The van der Waals surface area contributed by atoms with Gasteiger partial charge in [-0.05, 0) is 51.7 Å². The van der Waals surface area contributed by atoms with Gasteiger partial charge in [-0.25, -0.2) is 4.98 Å². The van der Waals surface area contributed by atoms with E-state index in [1.165, 1.54) is 43.9 Å². The van der Waals surface area contributed by atoms with E-state index in [4.69, 9.17) is 5.73 Å². The molecule has 1 fully saturated rings. The molecule has 4 nitrogen and oxygen atoms in total. The minimum atomic E-state index is 0.206. The number of hydrogen-bond acceptors (Lipinski definition) is 3. The molecule has 0 amide bonds. The number of likely N-dealkylation sites (tertiary alicyclic amines) is 1. The van der Waals surface area contributed by atoms with Crippen LogP contribution in [-0.2, 0) is 13.0 Å². The van der Waals surface area contributed by atoms with Crippen LogP contribution >= 0.6 is 0 Å². The Morgan fingerprint density at radius 3 is 2.83 bits per heavy atom. The molecule has 0 bridgehead atoms. The highest BCUT2D eigenvalue weighted by atomic mass is 15.1. The predicted octanol–water partition coefficient (Wildman–Crippen LogP) is 1.56. The van der Waals surface area contributed by atoms with Gasteiger partial charge in [0, 0.05) is 19.0 Å². The van der Waals surface area contributed by atoms with Gasteiger partial charge in [0.1, 0.15) is 5.82 Å². The fraction of sp³-hybridized carbons (Fsp3) is 0.786. The summed E-state index contributed by atoms with van der Waals surface area (Å²) in [7, 11) is 2.21. The number of imidazole rings is 1. The highest BCUT2D eigenvalue weighted by Gasteiger charge is 2.23. The maximum Gasteiger partial charge on any atom is 0.109 e. The highest BCUT2D eigenvalue weighted by Crippen LogP contribution is 2.27. The second kappa shape index (κ2) is 5.02. The maximum absolute atomic E-state index is 6.14. The van der Waals surface area contributed by atoms with Crippen LogP contribution in [0.2, 0.25) is 0 Å². The summed E-state index contributed by atoms with van der Waals surface area (Å²) < 4.78 is 2.38. The Hall–Kier alpha value is -0.870. The first-order valence-corrected chi connectivity index (χ1v) is 7.22. The quantitative estimate of drug-likeness (QED) is 0.864. The van der Waals surface area contributed by atoms with Crippen molar-refractivity contribution in [2.75, 3.05) is 20.1 Å². The Bertz CT molecular complexity index is 404. The van der Waals surface area contributed by atoms with Gasteiger partial charge in [-0.3, -0.25) is 0 Å². The molecule has 0 spiro atoms. The Morgan fingerprint density at radius 2 is 2.06 bits per heavy atom. The lowest BCUT2D eigenvalue weighted by atomic mass is 9.93. The molecule has 2 N–H and O–H groups in total. The summed E-state index contributed by atoms with van der Waals surface area (Å²) >= 11 is 0. The summed E-state index contributed by atoms with van der Waals surface area (Å²) in [5.74, 6) is 2.08. The van der Waals surface area contributed by atoms with Crippen LogP contribution in [0.15, 0.2) is 6.20 Å². The van der Waals surface area contributed by atoms with E-state index in [-0.39, 0.29) is 6.04 Å². The topological polar surface area (TPSA) is 47.1 Å². The van der Waals surface area contributed by atoms with Crippen LogP contribution in [-0.4, -0.2) is 34.6 Å². The summed E-state index contributed by atoms with van der Waals surface area (Å²) in [5.41, 5.74) is 7.40. The van der Waals surface area contributed by atoms with Crippen molar-refractivity contribution in [3.63, 3.8) is 0 Å². The van der Waals surface area contributed by atoms with Gasteiger partial charge in [0.15, 0.2) is 0 Å². The fourth-order valence-electron chi connectivity index (χ4n) is 3.29. The van der Waals surface area contributed by atoms with E-state index in [1.54, 1.807) is 0 Å². The third-order valence-corrected chi connectivity index (χ3v) is 4.56. The molecule has 0 saturated carbocycles. The minimum absolute atomic E-state index is 0.206. The highest BCUT2D eigenvalue weighted by molar-refractivity contribution is 5.12. The summed E-state index contributed by atoms with van der Waals surface area (Å²) in [6.45, 7) is 3.58. The van der Waals surface area contributed by atoms with Crippen molar-refractivity contribution in [2.45, 2.75) is 44.7 Å². The third-order valence-electron chi connectivity index (χ3n) is 4.56. The average molecular weight is 248 g/mol. The number of aromatic nitrogens is 2. The number of nitrogens with two attached hydrogens (primary N) is 1. The van der Waals surface area contributed by atoms with Crippen LogP contribution < -0.4 is 5.73 Å². The second-order valence-corrected chi connectivity index (χ2v) is 5.95. The van der Waals surface area contributed by atoms with Crippen LogP contribution in [0.25, 0.3) is 0 Å². The van der Waals surface area contributed by atoms with Crippen molar-refractivity contribution in [3.05, 3.63) is 17.7 Å². The largest absolute Gasteiger partial charge is 0.331 e. The van der Waals surface area contributed by atoms with Gasteiger partial charge >= 0.3 is 0 Å². The zero-order chi connectivity index (χ0) is 12.5. The summed E-state index contributed by atoms with van der Waals surface area (Å²) in [6, 6.07) is 0.206. The lowest BCUT2D eigenvalue weighted by molar-refractivity contribution is 0.216. The Morgan fingerprint density at radius 1 is 1.28 bits per heavy atom. The first-order valence-electron chi connectivity index (χ1n) is 7.22. The molecular weight excluding hydrogens is 224 g/mol. The molecule has 2 aliphatic rings. The first-order chi connectivity index (χ1) is 8.74. The molecule has 100 valence electrons. The van der Waals surface area contributed by atoms with Gasteiger partial charge < -0.3 is 15.2 Å². The predicted molar refractivity (Wildman–Crippen MR) is 72.3 cm³/mol. The minimum Gasteiger partial charge on any atom is -0.331 e. The maximum atomic E-state index is 6.14. The van der Waals surface area contributed by atoms with Crippen molar-refractivity contribution >= 4 is 0 Å². The van der Waals surface area contributed by atoms with Gasteiger partial charge in [-0.1, -0.05) is 0 Å². The standard InChI is InChI=1S/C14H24N4/c1-17-7-4-11(5-8-17)9-14-16-10-13-12(15)3-2-6-18(13)14/h10-12H,2-9,15H2,1H3. The van der Waals surface area contributed by atoms with E-state index >= 15 is 0 Å². The smallest absolute Gasteiger partial charge is 0.109 e. The number of piperidine rings is 1. The van der Waals surface area contributed by atoms with Crippen molar-refractivity contribution < 1.29 is 0 Å². The second-order valence-electron chi connectivity index (χ2n) is 5.95. The lowest BCUT2D eigenvalue weighted by Crippen LogP contribution is -2.31. The van der Waals surface area contributed by atoms with Gasteiger partial charge in [-0.15, -0.1) is 0 Å². The Kier molecular flexibility index (Phi) is 3.39. The van der Waals surface area contributed by atoms with Crippen LogP contribution in [0.3, 0.4) is 0 Å². The molecule has 1 unspecified atom stereocenters. The van der Waals surface area contributed by atoms with Crippen LogP contribution in [0.1, 0.15) is 43.2 Å². The molecule has 3 rings (SSSR count). The van der Waals surface area contributed by atoms with E-state index in [0.29, 0.717) is 0 Å². The first kappa shape index (κ1) is 12.2. The molecule has 1 aromatic heterocycles. The number of rotatable bonds is 2. The zero-order valence-corrected chi connectivity index (χ0v) is 11.3. The molecule has 0 aromatic carbocycles. The summed E-state index contributed by atoms with van der Waals surface area (Å²) in [4.78, 5) is 7.05. The lowest BCUT2D eigenvalue weighted by Gasteiger charge is -2.29. The van der Waals surface area contributed by atoms with Gasteiger partial charge in [0.25, 0.3) is 0 Å². The van der Waals surface area contributed by atoms with Crippen molar-refractivity contribution in [2.24, 2.45) is 11.7 Å². The number of hydrogen-bond donors (Lipinski definition) is 1. The molecule has 1 atom stereocenters. The molecule has 4 heteroatoms. The molecule has 0 radical (unpaired) electrons. The van der Waals surface area contributed by atoms with E-state index in [2.05, 4.69) is 21.5 Å². The van der Waals surface area contributed by atoms with Crippen molar-refractivity contribution in [1.82, 2.24) is 14.5 Å². The number of fused-ring (bicyclic) bond motifs is 1. The number of nitrogens with zero attached hydrogens (tertiary/aromatic N) is 3. The third kappa shape index (κ3) is 2.31. The van der Waals surface area contributed by atoms with Gasteiger partial charge in [0.2, 0.25) is 0 Å². The monoisotopic (exact) mass is 248 g/mol. The SMILES string of the molecule is CN1CCC(Cc2ncc3n2CCCC3N)CC1. The van der Waals surface area contributed by atoms with Gasteiger partial charge in [-0.2, -0.15) is 0 Å².